The summed E-state index contributed by atoms with van der Waals surface area (Å²) in [5.74, 6) is -1.53. The number of ketones is 1. The van der Waals surface area contributed by atoms with Crippen molar-refractivity contribution in [1.29, 1.82) is 0 Å². The fraction of sp³-hybridized carbons (Fsp3) is 0.190. The summed E-state index contributed by atoms with van der Waals surface area (Å²) in [6.45, 7) is 3.78. The molecule has 1 aromatic heterocycles. The molecule has 4 nitrogen and oxygen atoms in total. The number of carbonyl (C=O) groups excluding carboxylic acids is 1. The average Bonchev–Trinajstić information content (AvgIpc) is 2.65. The van der Waals surface area contributed by atoms with Crippen molar-refractivity contribution in [2.45, 2.75) is 26.2 Å². The Bertz CT molecular complexity index is 1090. The summed E-state index contributed by atoms with van der Waals surface area (Å²) in [4.78, 5) is 25.3. The van der Waals surface area contributed by atoms with Crippen molar-refractivity contribution < 1.29 is 13.6 Å². The van der Waals surface area contributed by atoms with E-state index in [1.54, 1.807) is 0 Å². The van der Waals surface area contributed by atoms with E-state index in [2.05, 4.69) is 5.10 Å². The van der Waals surface area contributed by atoms with Gasteiger partial charge >= 0.3 is 0 Å². The zero-order valence-electron chi connectivity index (χ0n) is 15.2. The SMILES string of the molecule is CC(C)c1cc(F)c(CC(=O)c2ccnn(-c3ccc(F)cc3)c2=O)cc1Cl. The fourth-order valence-electron chi connectivity index (χ4n) is 2.84. The summed E-state index contributed by atoms with van der Waals surface area (Å²) in [6, 6.07) is 9.15. The number of nitrogens with zero attached hydrogens (tertiary/aromatic N) is 2. The molecule has 2 aromatic carbocycles. The molecule has 0 radical (unpaired) electrons. The third-order valence-electron chi connectivity index (χ3n) is 4.36. The lowest BCUT2D eigenvalue weighted by Gasteiger charge is -2.11. The predicted molar refractivity (Wildman–Crippen MR) is 103 cm³/mol. The molecule has 0 aliphatic rings. The molecule has 1 heterocycles. The minimum Gasteiger partial charge on any atom is -0.294 e. The van der Waals surface area contributed by atoms with Crippen LogP contribution in [0.5, 0.6) is 0 Å². The Morgan fingerprint density at radius 3 is 2.46 bits per heavy atom. The molecule has 0 N–H and O–H groups in total. The van der Waals surface area contributed by atoms with Gasteiger partial charge in [0.1, 0.15) is 11.6 Å². The van der Waals surface area contributed by atoms with Crippen LogP contribution in [-0.4, -0.2) is 15.6 Å². The first-order valence-electron chi connectivity index (χ1n) is 8.63. The molecule has 0 amide bonds. The van der Waals surface area contributed by atoms with E-state index >= 15 is 0 Å². The number of hydrogen-bond acceptors (Lipinski definition) is 3. The summed E-state index contributed by atoms with van der Waals surface area (Å²) >= 11 is 6.19. The van der Waals surface area contributed by atoms with E-state index in [4.69, 9.17) is 11.6 Å². The highest BCUT2D eigenvalue weighted by Gasteiger charge is 2.18. The van der Waals surface area contributed by atoms with E-state index in [9.17, 15) is 18.4 Å². The standard InChI is InChI=1S/C21H17ClF2N2O2/c1-12(2)17-11-19(24)13(9-18(17)22)10-20(27)16-7-8-25-26(21(16)28)15-5-3-14(23)4-6-15/h3-9,11-12H,10H2,1-2H3. The largest absolute Gasteiger partial charge is 0.294 e. The second-order valence-corrected chi connectivity index (χ2v) is 7.07. The summed E-state index contributed by atoms with van der Waals surface area (Å²) < 4.78 is 28.5. The third kappa shape index (κ3) is 4.02. The van der Waals surface area contributed by atoms with Crippen molar-refractivity contribution in [3.63, 3.8) is 0 Å². The fourth-order valence-corrected chi connectivity index (χ4v) is 3.24. The monoisotopic (exact) mass is 402 g/mol. The maximum atomic E-state index is 14.4. The Morgan fingerprint density at radius 2 is 1.82 bits per heavy atom. The van der Waals surface area contributed by atoms with Crippen molar-refractivity contribution in [2.75, 3.05) is 0 Å². The Kier molecular flexibility index (Phi) is 5.70. The van der Waals surface area contributed by atoms with Gasteiger partial charge in [0.05, 0.1) is 11.3 Å². The van der Waals surface area contributed by atoms with Crippen molar-refractivity contribution in [3.05, 3.63) is 92.4 Å². The van der Waals surface area contributed by atoms with Crippen LogP contribution in [0.2, 0.25) is 5.02 Å². The molecule has 0 fully saturated rings. The smallest absolute Gasteiger partial charge is 0.282 e. The zero-order valence-corrected chi connectivity index (χ0v) is 16.0. The number of hydrogen-bond donors (Lipinski definition) is 0. The Hall–Kier alpha value is -2.86. The number of halogens is 3. The minimum absolute atomic E-state index is 0.0369. The summed E-state index contributed by atoms with van der Waals surface area (Å²) in [5, 5.41) is 4.30. The molecule has 0 spiro atoms. The molecule has 28 heavy (non-hydrogen) atoms. The quantitative estimate of drug-likeness (QED) is 0.580. The highest BCUT2D eigenvalue weighted by Crippen LogP contribution is 2.27. The van der Waals surface area contributed by atoms with E-state index in [-0.39, 0.29) is 23.5 Å². The Labute approximate surface area is 165 Å². The van der Waals surface area contributed by atoms with Gasteiger partial charge in [0.2, 0.25) is 0 Å². The molecule has 0 aliphatic heterocycles. The molecule has 0 unspecified atom stereocenters. The molecule has 3 aromatic rings. The van der Waals surface area contributed by atoms with E-state index in [0.717, 1.165) is 4.68 Å². The number of benzene rings is 2. The molecular weight excluding hydrogens is 386 g/mol. The van der Waals surface area contributed by atoms with Gasteiger partial charge in [-0.3, -0.25) is 9.59 Å². The molecule has 0 saturated heterocycles. The minimum atomic E-state index is -0.663. The predicted octanol–water partition coefficient (Wildman–Crippen LogP) is 4.71. The van der Waals surface area contributed by atoms with Crippen LogP contribution < -0.4 is 5.56 Å². The normalized spacial score (nSPS) is 11.1. The topological polar surface area (TPSA) is 52.0 Å². The summed E-state index contributed by atoms with van der Waals surface area (Å²) in [7, 11) is 0. The molecule has 0 atom stereocenters. The molecular formula is C21H17ClF2N2O2. The van der Waals surface area contributed by atoms with Crippen LogP contribution in [0.3, 0.4) is 0 Å². The maximum absolute atomic E-state index is 14.4. The lowest BCUT2D eigenvalue weighted by molar-refractivity contribution is 0.0989. The third-order valence-corrected chi connectivity index (χ3v) is 4.68. The maximum Gasteiger partial charge on any atom is 0.282 e. The van der Waals surface area contributed by atoms with Crippen molar-refractivity contribution in [2.24, 2.45) is 0 Å². The average molecular weight is 403 g/mol. The van der Waals surface area contributed by atoms with Gasteiger partial charge in [0.15, 0.2) is 5.78 Å². The van der Waals surface area contributed by atoms with Gasteiger partial charge in [0, 0.05) is 17.6 Å². The van der Waals surface area contributed by atoms with Crippen LogP contribution in [0, 0.1) is 11.6 Å². The Balaban J connectivity index is 1.94. The van der Waals surface area contributed by atoms with Gasteiger partial charge in [-0.25, -0.2) is 8.78 Å². The van der Waals surface area contributed by atoms with Gasteiger partial charge in [-0.05, 0) is 59.5 Å². The van der Waals surface area contributed by atoms with Gasteiger partial charge in [0.25, 0.3) is 5.56 Å². The first-order chi connectivity index (χ1) is 13.3. The van der Waals surface area contributed by atoms with Crippen LogP contribution >= 0.6 is 11.6 Å². The van der Waals surface area contributed by atoms with Gasteiger partial charge < -0.3 is 0 Å². The number of aromatic nitrogens is 2. The van der Waals surface area contributed by atoms with Crippen LogP contribution in [0.15, 0.2) is 53.5 Å². The number of carbonyl (C=O) groups is 1. The van der Waals surface area contributed by atoms with Gasteiger partial charge in [-0.1, -0.05) is 25.4 Å². The van der Waals surface area contributed by atoms with Gasteiger partial charge in [-0.15, -0.1) is 0 Å². The highest BCUT2D eigenvalue weighted by atomic mass is 35.5. The van der Waals surface area contributed by atoms with E-state index in [1.165, 1.54) is 48.7 Å². The summed E-state index contributed by atoms with van der Waals surface area (Å²) in [6.07, 6.45) is 0.982. The van der Waals surface area contributed by atoms with Gasteiger partial charge in [-0.2, -0.15) is 9.78 Å². The van der Waals surface area contributed by atoms with E-state index < -0.39 is 23.0 Å². The highest BCUT2D eigenvalue weighted by molar-refractivity contribution is 6.31. The molecule has 0 aliphatic carbocycles. The second-order valence-electron chi connectivity index (χ2n) is 6.66. The van der Waals surface area contributed by atoms with Crippen LogP contribution in [0.4, 0.5) is 8.78 Å². The van der Waals surface area contributed by atoms with Crippen LogP contribution in [0.25, 0.3) is 5.69 Å². The molecule has 144 valence electrons. The first kappa shape index (κ1) is 19.9. The molecule has 3 rings (SSSR count). The lowest BCUT2D eigenvalue weighted by atomic mass is 9.98. The van der Waals surface area contributed by atoms with Crippen molar-refractivity contribution in [3.8, 4) is 5.69 Å². The number of Topliss-reactive ketones (excluding diaryl/α,β-unsaturated/α-hetero) is 1. The van der Waals surface area contributed by atoms with E-state index in [1.807, 2.05) is 13.8 Å². The second kappa shape index (κ2) is 8.02. The van der Waals surface area contributed by atoms with Crippen LogP contribution in [0.1, 0.15) is 41.3 Å². The number of rotatable bonds is 5. The lowest BCUT2D eigenvalue weighted by Crippen LogP contribution is -2.27. The zero-order chi connectivity index (χ0) is 20.4. The summed E-state index contributed by atoms with van der Waals surface area (Å²) in [5.41, 5.74) is 0.283. The first-order valence-corrected chi connectivity index (χ1v) is 9.01. The van der Waals surface area contributed by atoms with Crippen LogP contribution in [-0.2, 0) is 6.42 Å². The van der Waals surface area contributed by atoms with Crippen molar-refractivity contribution in [1.82, 2.24) is 9.78 Å². The Morgan fingerprint density at radius 1 is 1.14 bits per heavy atom. The molecule has 0 saturated carbocycles. The molecule has 7 heteroatoms. The van der Waals surface area contributed by atoms with Crippen molar-refractivity contribution >= 4 is 17.4 Å². The van der Waals surface area contributed by atoms with E-state index in [0.29, 0.717) is 16.3 Å². The molecule has 0 bridgehead atoms.